The van der Waals surface area contributed by atoms with Gasteiger partial charge in [0.1, 0.15) is 18.4 Å². The Labute approximate surface area is 122 Å². The average molecular weight is 276 g/mol. The first-order valence-corrected chi connectivity index (χ1v) is 6.21. The molecule has 0 bridgehead atoms. The summed E-state index contributed by atoms with van der Waals surface area (Å²) in [5.41, 5.74) is 6.95. The molecule has 0 spiro atoms. The maximum absolute atomic E-state index is 10.7. The van der Waals surface area contributed by atoms with E-state index in [-0.39, 0.29) is 0 Å². The molecular weight excluding hydrogens is 264 g/mol. The maximum atomic E-state index is 10.7. The highest BCUT2D eigenvalue weighted by Crippen LogP contribution is 2.20. The Balaban J connectivity index is 2.21. The summed E-state index contributed by atoms with van der Waals surface area (Å²) in [5, 5.41) is 9.08. The van der Waals surface area contributed by atoms with Crippen molar-refractivity contribution in [3.8, 4) is 23.7 Å². The van der Waals surface area contributed by atoms with E-state index in [1.165, 1.54) is 0 Å². The summed E-state index contributed by atoms with van der Waals surface area (Å²) in [6.45, 7) is 0.349. The van der Waals surface area contributed by atoms with E-state index in [0.717, 1.165) is 5.56 Å². The Bertz CT molecular complexity index is 750. The molecule has 2 N–H and O–H groups in total. The van der Waals surface area contributed by atoms with Gasteiger partial charge in [-0.25, -0.2) is 0 Å². The first-order valence-electron chi connectivity index (χ1n) is 6.21. The lowest BCUT2D eigenvalue weighted by molar-refractivity contribution is -0.112. The molecular formula is C17H12N2O2. The second-order valence-electron chi connectivity index (χ2n) is 4.21. The van der Waals surface area contributed by atoms with Crippen molar-refractivity contribution < 1.29 is 9.53 Å². The number of rotatable bonds is 3. The number of carbonyl (C=O) groups is 1. The number of carbonyl (C=O) groups excluding carboxylic acids is 1. The smallest absolute Gasteiger partial charge is 0.293 e. The number of nitrogens with two attached hydrogens (primary N) is 1. The van der Waals surface area contributed by atoms with Crippen LogP contribution < -0.4 is 10.5 Å². The molecule has 0 aliphatic rings. The van der Waals surface area contributed by atoms with Gasteiger partial charge in [-0.2, -0.15) is 5.26 Å². The van der Waals surface area contributed by atoms with Gasteiger partial charge in [-0.05, 0) is 29.7 Å². The van der Waals surface area contributed by atoms with Gasteiger partial charge in [-0.3, -0.25) is 4.79 Å². The van der Waals surface area contributed by atoms with Crippen LogP contribution in [0.5, 0.6) is 5.75 Å². The van der Waals surface area contributed by atoms with Crippen molar-refractivity contribution in [1.29, 1.82) is 5.26 Å². The molecule has 2 aromatic carbocycles. The zero-order valence-corrected chi connectivity index (χ0v) is 11.2. The van der Waals surface area contributed by atoms with Crippen molar-refractivity contribution in [3.63, 3.8) is 0 Å². The third-order valence-corrected chi connectivity index (χ3v) is 2.67. The Morgan fingerprint density at radius 2 is 1.95 bits per heavy atom. The molecule has 0 heterocycles. The number of hydrogen-bond acceptors (Lipinski definition) is 3. The van der Waals surface area contributed by atoms with Crippen LogP contribution in [-0.4, -0.2) is 5.91 Å². The van der Waals surface area contributed by atoms with Crippen molar-refractivity contribution in [3.05, 3.63) is 65.2 Å². The van der Waals surface area contributed by atoms with Gasteiger partial charge in [0.05, 0.1) is 5.56 Å². The molecule has 0 aliphatic carbocycles. The van der Waals surface area contributed by atoms with Crippen LogP contribution in [0.15, 0.2) is 48.5 Å². The van der Waals surface area contributed by atoms with Crippen molar-refractivity contribution in [2.45, 2.75) is 6.61 Å². The number of hydrogen-bond donors (Lipinski definition) is 1. The molecule has 0 atom stereocenters. The standard InChI is InChI=1S/C17H12N2O2/c18-11-15-8-6-13(7-9-17(19)20)10-16(15)21-12-14-4-2-1-3-5-14/h1-6,8,10H,12H2,(H2,19,20). The number of primary amides is 1. The quantitative estimate of drug-likeness (QED) is 0.871. The summed E-state index contributed by atoms with van der Waals surface area (Å²) >= 11 is 0. The number of nitriles is 1. The highest BCUT2D eigenvalue weighted by molar-refractivity contribution is 5.92. The molecule has 21 heavy (non-hydrogen) atoms. The Morgan fingerprint density at radius 3 is 2.62 bits per heavy atom. The van der Waals surface area contributed by atoms with Crippen LogP contribution in [0.4, 0.5) is 0 Å². The SMILES string of the molecule is N#Cc1ccc(C#CC(N)=O)cc1OCc1ccccc1. The minimum Gasteiger partial charge on any atom is -0.487 e. The van der Waals surface area contributed by atoms with E-state index < -0.39 is 5.91 Å². The van der Waals surface area contributed by atoms with Gasteiger partial charge >= 0.3 is 0 Å². The predicted molar refractivity (Wildman–Crippen MR) is 78.0 cm³/mol. The summed E-state index contributed by atoms with van der Waals surface area (Å²) in [6, 6.07) is 16.5. The number of ether oxygens (including phenoxy) is 1. The molecule has 4 nitrogen and oxygen atoms in total. The lowest BCUT2D eigenvalue weighted by Crippen LogP contribution is -2.06. The van der Waals surface area contributed by atoms with Crippen LogP contribution in [0.3, 0.4) is 0 Å². The zero-order valence-electron chi connectivity index (χ0n) is 11.2. The van der Waals surface area contributed by atoms with Gasteiger partial charge in [0, 0.05) is 5.56 Å². The first-order chi connectivity index (χ1) is 10.2. The highest BCUT2D eigenvalue weighted by Gasteiger charge is 2.04. The zero-order chi connectivity index (χ0) is 15.1. The molecule has 2 aromatic rings. The third-order valence-electron chi connectivity index (χ3n) is 2.67. The van der Waals surface area contributed by atoms with Crippen LogP contribution in [0.1, 0.15) is 16.7 Å². The average Bonchev–Trinajstić information content (AvgIpc) is 2.52. The first kappa shape index (κ1) is 14.2. The van der Waals surface area contributed by atoms with E-state index in [4.69, 9.17) is 15.7 Å². The van der Waals surface area contributed by atoms with Crippen LogP contribution in [-0.2, 0) is 11.4 Å². The van der Waals surface area contributed by atoms with E-state index in [0.29, 0.717) is 23.5 Å². The number of nitrogens with zero attached hydrogens (tertiary/aromatic N) is 1. The normalized spacial score (nSPS) is 9.10. The number of benzene rings is 2. The third kappa shape index (κ3) is 4.12. The molecule has 0 saturated heterocycles. The van der Waals surface area contributed by atoms with E-state index in [2.05, 4.69) is 17.9 Å². The summed E-state index contributed by atoms with van der Waals surface area (Å²) in [6.07, 6.45) is 0. The molecule has 0 radical (unpaired) electrons. The monoisotopic (exact) mass is 276 g/mol. The minimum atomic E-state index is -0.703. The van der Waals surface area contributed by atoms with Crippen molar-refractivity contribution in [2.75, 3.05) is 0 Å². The molecule has 1 amide bonds. The van der Waals surface area contributed by atoms with Gasteiger partial charge < -0.3 is 10.5 Å². The second-order valence-corrected chi connectivity index (χ2v) is 4.21. The van der Waals surface area contributed by atoms with E-state index >= 15 is 0 Å². The largest absolute Gasteiger partial charge is 0.487 e. The summed E-state index contributed by atoms with van der Waals surface area (Å²) in [5.74, 6) is 4.60. The molecule has 2 rings (SSSR count). The lowest BCUT2D eigenvalue weighted by atomic mass is 10.1. The van der Waals surface area contributed by atoms with E-state index in [1.807, 2.05) is 30.3 Å². The number of amides is 1. The van der Waals surface area contributed by atoms with Crippen LogP contribution in [0.25, 0.3) is 0 Å². The molecule has 0 aliphatic heterocycles. The van der Waals surface area contributed by atoms with Gasteiger partial charge in [0.2, 0.25) is 0 Å². The van der Waals surface area contributed by atoms with Crippen molar-refractivity contribution in [2.24, 2.45) is 5.73 Å². The maximum Gasteiger partial charge on any atom is 0.293 e. The summed E-state index contributed by atoms with van der Waals surface area (Å²) in [7, 11) is 0. The van der Waals surface area contributed by atoms with Crippen molar-refractivity contribution >= 4 is 5.91 Å². The van der Waals surface area contributed by atoms with Gasteiger partial charge in [0.15, 0.2) is 0 Å². The Kier molecular flexibility index (Phi) is 4.58. The molecule has 0 fully saturated rings. The van der Waals surface area contributed by atoms with Gasteiger partial charge in [-0.1, -0.05) is 36.3 Å². The summed E-state index contributed by atoms with van der Waals surface area (Å²) in [4.78, 5) is 10.7. The fraction of sp³-hybridized carbons (Fsp3) is 0.0588. The topological polar surface area (TPSA) is 76.1 Å². The van der Waals surface area contributed by atoms with Crippen molar-refractivity contribution in [1.82, 2.24) is 0 Å². The second kappa shape index (κ2) is 6.79. The van der Waals surface area contributed by atoms with Crippen LogP contribution in [0, 0.1) is 23.2 Å². The molecule has 0 aromatic heterocycles. The highest BCUT2D eigenvalue weighted by atomic mass is 16.5. The van der Waals surface area contributed by atoms with Crippen LogP contribution >= 0.6 is 0 Å². The molecule has 0 unspecified atom stereocenters. The molecule has 4 heteroatoms. The summed E-state index contributed by atoms with van der Waals surface area (Å²) < 4.78 is 5.66. The van der Waals surface area contributed by atoms with E-state index in [9.17, 15) is 4.79 Å². The van der Waals surface area contributed by atoms with E-state index in [1.54, 1.807) is 18.2 Å². The Morgan fingerprint density at radius 1 is 1.19 bits per heavy atom. The predicted octanol–water partition coefficient (Wildman–Crippen LogP) is 1.97. The lowest BCUT2D eigenvalue weighted by Gasteiger charge is -2.08. The Hall–Kier alpha value is -3.24. The minimum absolute atomic E-state index is 0.349. The van der Waals surface area contributed by atoms with Crippen LogP contribution in [0.2, 0.25) is 0 Å². The van der Waals surface area contributed by atoms with Gasteiger partial charge in [-0.15, -0.1) is 0 Å². The molecule has 0 saturated carbocycles. The fourth-order valence-electron chi connectivity index (χ4n) is 1.68. The fourth-order valence-corrected chi connectivity index (χ4v) is 1.68. The molecule has 102 valence electrons. The van der Waals surface area contributed by atoms with Gasteiger partial charge in [0.25, 0.3) is 5.91 Å².